The van der Waals surface area contributed by atoms with E-state index in [1.165, 1.54) is 13.8 Å². The number of hydrogen-bond acceptors (Lipinski definition) is 6. The highest BCUT2D eigenvalue weighted by molar-refractivity contribution is 7.91. The zero-order valence-electron chi connectivity index (χ0n) is 13.7. The van der Waals surface area contributed by atoms with E-state index < -0.39 is 42.4 Å². The van der Waals surface area contributed by atoms with E-state index in [1.54, 1.807) is 13.8 Å². The zero-order chi connectivity index (χ0) is 18.1. The summed E-state index contributed by atoms with van der Waals surface area (Å²) in [6, 6.07) is 0. The fourth-order valence-electron chi connectivity index (χ4n) is 0.999. The standard InChI is InChI=1S/2C7H12O3S/c2*1-4-5-7(8)6(2)11(3,9)10/h2*6-8H,1-3H3/t2*6-,7+/m10/s1. The third-order valence-electron chi connectivity index (χ3n) is 2.82. The van der Waals surface area contributed by atoms with Gasteiger partial charge in [-0.1, -0.05) is 11.8 Å². The number of hydrogen-bond donors (Lipinski definition) is 2. The maximum Gasteiger partial charge on any atom is 0.153 e. The first-order valence-corrected chi connectivity index (χ1v) is 10.3. The number of rotatable bonds is 4. The van der Waals surface area contributed by atoms with E-state index in [1.807, 2.05) is 0 Å². The molecule has 8 heteroatoms. The molecule has 0 saturated heterocycles. The van der Waals surface area contributed by atoms with Gasteiger partial charge in [0.25, 0.3) is 0 Å². The molecule has 22 heavy (non-hydrogen) atoms. The van der Waals surface area contributed by atoms with Crippen LogP contribution in [0.2, 0.25) is 0 Å². The van der Waals surface area contributed by atoms with Crippen LogP contribution in [0.25, 0.3) is 0 Å². The Bertz CT molecular complexity index is 596. The van der Waals surface area contributed by atoms with Crippen molar-refractivity contribution >= 4 is 19.7 Å². The van der Waals surface area contributed by atoms with E-state index in [0.717, 1.165) is 12.5 Å². The second kappa shape index (κ2) is 9.86. The summed E-state index contributed by atoms with van der Waals surface area (Å²) < 4.78 is 43.3. The van der Waals surface area contributed by atoms with Crippen molar-refractivity contribution in [3.05, 3.63) is 0 Å². The molecule has 0 bridgehead atoms. The van der Waals surface area contributed by atoms with Gasteiger partial charge in [-0.15, -0.1) is 11.8 Å². The Kier molecular flexibility index (Phi) is 10.4. The highest BCUT2D eigenvalue weighted by Crippen LogP contribution is 2.03. The molecular weight excluding hydrogens is 328 g/mol. The molecule has 0 aliphatic rings. The Balaban J connectivity index is 0. The minimum Gasteiger partial charge on any atom is -0.379 e. The normalized spacial score (nSPS) is 16.4. The number of aliphatic hydroxyl groups excluding tert-OH is 2. The predicted molar refractivity (Wildman–Crippen MR) is 87.5 cm³/mol. The molecule has 0 unspecified atom stereocenters. The molecule has 0 aliphatic carbocycles. The lowest BCUT2D eigenvalue weighted by atomic mass is 10.3. The first-order chi connectivity index (χ1) is 9.78. The van der Waals surface area contributed by atoms with E-state index in [9.17, 15) is 16.8 Å². The second-order valence-corrected chi connectivity index (χ2v) is 9.55. The van der Waals surface area contributed by atoms with Gasteiger partial charge in [-0.3, -0.25) is 0 Å². The molecule has 0 aromatic rings. The zero-order valence-corrected chi connectivity index (χ0v) is 15.3. The van der Waals surface area contributed by atoms with Crippen LogP contribution < -0.4 is 0 Å². The average molecular weight is 352 g/mol. The molecule has 0 fully saturated rings. The van der Waals surface area contributed by atoms with Crippen LogP contribution in [0.15, 0.2) is 0 Å². The van der Waals surface area contributed by atoms with Crippen molar-refractivity contribution in [1.82, 2.24) is 0 Å². The van der Waals surface area contributed by atoms with Gasteiger partial charge in [-0.2, -0.15) is 0 Å². The summed E-state index contributed by atoms with van der Waals surface area (Å²) in [5.41, 5.74) is 0. The smallest absolute Gasteiger partial charge is 0.153 e. The highest BCUT2D eigenvalue weighted by Gasteiger charge is 2.22. The van der Waals surface area contributed by atoms with Gasteiger partial charge in [-0.05, 0) is 27.7 Å². The topological polar surface area (TPSA) is 109 Å². The Hall–Kier alpha value is -1.06. The molecule has 2 N–H and O–H groups in total. The van der Waals surface area contributed by atoms with Crippen molar-refractivity contribution in [3.8, 4) is 23.7 Å². The lowest BCUT2D eigenvalue weighted by Crippen LogP contribution is -2.29. The first kappa shape index (κ1) is 23.2. The van der Waals surface area contributed by atoms with Gasteiger partial charge >= 0.3 is 0 Å². The third kappa shape index (κ3) is 9.80. The molecule has 0 saturated carbocycles. The fourth-order valence-corrected chi connectivity index (χ4v) is 2.07. The Labute approximate surface area is 133 Å². The fraction of sp³-hybridized carbons (Fsp3) is 0.714. The summed E-state index contributed by atoms with van der Waals surface area (Å²) in [6.07, 6.45) is 0.0150. The second-order valence-electron chi connectivity index (χ2n) is 4.75. The van der Waals surface area contributed by atoms with E-state index in [2.05, 4.69) is 23.7 Å². The van der Waals surface area contributed by atoms with Gasteiger partial charge in [-0.25, -0.2) is 16.8 Å². The third-order valence-corrected chi connectivity index (χ3v) is 6.04. The summed E-state index contributed by atoms with van der Waals surface area (Å²) in [7, 11) is -6.35. The molecule has 0 heterocycles. The minimum atomic E-state index is -3.18. The maximum absolute atomic E-state index is 10.8. The van der Waals surface area contributed by atoms with Crippen molar-refractivity contribution in [2.75, 3.05) is 12.5 Å². The number of sulfone groups is 2. The van der Waals surface area contributed by atoms with Crippen LogP contribution in [0, 0.1) is 23.7 Å². The van der Waals surface area contributed by atoms with Gasteiger partial charge < -0.3 is 10.2 Å². The molecular formula is C14H24O6S2. The van der Waals surface area contributed by atoms with Crippen molar-refractivity contribution in [1.29, 1.82) is 0 Å². The Morgan fingerprint density at radius 1 is 0.727 bits per heavy atom. The molecule has 0 amide bonds. The average Bonchev–Trinajstić information content (AvgIpc) is 2.36. The summed E-state index contributed by atoms with van der Waals surface area (Å²) in [6.45, 7) is 5.98. The molecule has 0 rings (SSSR count). The number of aliphatic hydroxyl groups is 2. The van der Waals surface area contributed by atoms with Gasteiger partial charge in [0, 0.05) is 12.5 Å². The van der Waals surface area contributed by atoms with Gasteiger partial charge in [0.05, 0.1) is 10.5 Å². The summed E-state index contributed by atoms with van der Waals surface area (Å²) >= 11 is 0. The lowest BCUT2D eigenvalue weighted by molar-refractivity contribution is 0.230. The van der Waals surface area contributed by atoms with Crippen LogP contribution in [0.1, 0.15) is 27.7 Å². The molecule has 4 atom stereocenters. The van der Waals surface area contributed by atoms with Crippen molar-refractivity contribution in [3.63, 3.8) is 0 Å². The van der Waals surface area contributed by atoms with Crippen LogP contribution in [0.5, 0.6) is 0 Å². The van der Waals surface area contributed by atoms with E-state index in [0.29, 0.717) is 0 Å². The largest absolute Gasteiger partial charge is 0.379 e. The Morgan fingerprint density at radius 2 is 0.955 bits per heavy atom. The molecule has 128 valence electrons. The van der Waals surface area contributed by atoms with Gasteiger partial charge in [0.2, 0.25) is 0 Å². The summed E-state index contributed by atoms with van der Waals surface area (Å²) in [5, 5.41) is 16.6. The van der Waals surface area contributed by atoms with Crippen LogP contribution in [0.3, 0.4) is 0 Å². The maximum atomic E-state index is 10.8. The lowest BCUT2D eigenvalue weighted by Gasteiger charge is -2.10. The quantitative estimate of drug-likeness (QED) is 0.667. The molecule has 0 aromatic carbocycles. The molecule has 6 nitrogen and oxygen atoms in total. The predicted octanol–water partition coefficient (Wildman–Crippen LogP) is -0.393. The first-order valence-electron chi connectivity index (χ1n) is 6.37. The van der Waals surface area contributed by atoms with Gasteiger partial charge in [0.1, 0.15) is 12.2 Å². The molecule has 0 spiro atoms. The highest BCUT2D eigenvalue weighted by atomic mass is 32.2. The van der Waals surface area contributed by atoms with E-state index in [4.69, 9.17) is 10.2 Å². The molecule has 0 aliphatic heterocycles. The van der Waals surface area contributed by atoms with Crippen LogP contribution in [0.4, 0.5) is 0 Å². The van der Waals surface area contributed by atoms with E-state index in [-0.39, 0.29) is 0 Å². The van der Waals surface area contributed by atoms with Crippen molar-refractivity contribution < 1.29 is 27.0 Å². The van der Waals surface area contributed by atoms with E-state index >= 15 is 0 Å². The van der Waals surface area contributed by atoms with Crippen molar-refractivity contribution in [2.45, 2.75) is 50.4 Å². The van der Waals surface area contributed by atoms with Crippen LogP contribution in [-0.2, 0) is 19.7 Å². The summed E-state index contributed by atoms with van der Waals surface area (Å²) in [5.74, 6) is 9.67. The van der Waals surface area contributed by atoms with Crippen molar-refractivity contribution in [2.24, 2.45) is 0 Å². The Morgan fingerprint density at radius 3 is 1.09 bits per heavy atom. The van der Waals surface area contributed by atoms with Gasteiger partial charge in [0.15, 0.2) is 19.7 Å². The summed E-state index contributed by atoms with van der Waals surface area (Å²) in [4.78, 5) is 0. The van der Waals surface area contributed by atoms with Crippen LogP contribution >= 0.6 is 0 Å². The molecule has 0 radical (unpaired) electrons. The monoisotopic (exact) mass is 352 g/mol. The minimum absolute atomic E-state index is 0.810. The van der Waals surface area contributed by atoms with Crippen LogP contribution in [-0.4, -0.2) is 62.3 Å². The molecule has 0 aromatic heterocycles. The SMILES string of the molecule is CC#C[C@@H](O)[C@H](C)S(C)(=O)=O.CC#C[C@H](O)[C@@H](C)S(C)(=O)=O.